The van der Waals surface area contributed by atoms with Crippen LogP contribution in [0.4, 0.5) is 5.69 Å². The first-order chi connectivity index (χ1) is 8.54. The van der Waals surface area contributed by atoms with Crippen LogP contribution in [0.2, 0.25) is 0 Å². The van der Waals surface area contributed by atoms with Gasteiger partial charge in [-0.15, -0.1) is 0 Å². The molecule has 0 saturated carbocycles. The summed E-state index contributed by atoms with van der Waals surface area (Å²) < 4.78 is 0. The van der Waals surface area contributed by atoms with Crippen molar-refractivity contribution in [2.45, 2.75) is 6.92 Å². The molecule has 1 aromatic rings. The van der Waals surface area contributed by atoms with Crippen LogP contribution in [0.3, 0.4) is 0 Å². The lowest BCUT2D eigenvalue weighted by molar-refractivity contribution is -0.385. The zero-order valence-electron chi connectivity index (χ0n) is 10.00. The Labute approximate surface area is 104 Å². The Bertz CT molecular complexity index is 495. The number of likely N-dealkylation sites (tertiary alicyclic amines) is 1. The van der Waals surface area contributed by atoms with Gasteiger partial charge in [-0.1, -0.05) is 12.1 Å². The molecular formula is C12H14N2O4. The van der Waals surface area contributed by atoms with Crippen LogP contribution in [0.5, 0.6) is 0 Å². The molecule has 96 valence electrons. The van der Waals surface area contributed by atoms with Crippen molar-refractivity contribution in [1.82, 2.24) is 4.90 Å². The van der Waals surface area contributed by atoms with Gasteiger partial charge >= 0.3 is 0 Å². The van der Waals surface area contributed by atoms with Crippen LogP contribution in [0.15, 0.2) is 18.2 Å². The van der Waals surface area contributed by atoms with Gasteiger partial charge in [0.05, 0.1) is 4.92 Å². The largest absolute Gasteiger partial charge is 0.396 e. The number of carbonyl (C=O) groups is 1. The zero-order valence-corrected chi connectivity index (χ0v) is 10.00. The van der Waals surface area contributed by atoms with E-state index in [1.54, 1.807) is 19.1 Å². The average Bonchev–Trinajstić information content (AvgIpc) is 2.26. The third-order valence-corrected chi connectivity index (χ3v) is 3.16. The second-order valence-electron chi connectivity index (χ2n) is 4.48. The van der Waals surface area contributed by atoms with E-state index in [0.717, 1.165) is 0 Å². The summed E-state index contributed by atoms with van der Waals surface area (Å²) in [6.45, 7) is 2.64. The molecule has 18 heavy (non-hydrogen) atoms. The second kappa shape index (κ2) is 4.73. The van der Waals surface area contributed by atoms with Crippen molar-refractivity contribution in [2.24, 2.45) is 5.92 Å². The molecule has 1 aliphatic heterocycles. The van der Waals surface area contributed by atoms with Crippen LogP contribution < -0.4 is 0 Å². The third kappa shape index (κ3) is 2.06. The summed E-state index contributed by atoms with van der Waals surface area (Å²) in [4.78, 5) is 24.1. The molecule has 1 aliphatic rings. The molecule has 1 aromatic carbocycles. The van der Waals surface area contributed by atoms with E-state index in [1.807, 2.05) is 0 Å². The van der Waals surface area contributed by atoms with E-state index in [4.69, 9.17) is 5.11 Å². The fourth-order valence-corrected chi connectivity index (χ4v) is 2.09. The van der Waals surface area contributed by atoms with Gasteiger partial charge in [0.1, 0.15) is 5.56 Å². The van der Waals surface area contributed by atoms with Crippen LogP contribution >= 0.6 is 0 Å². The molecule has 1 amide bonds. The molecule has 0 aliphatic carbocycles. The van der Waals surface area contributed by atoms with E-state index in [1.165, 1.54) is 11.0 Å². The average molecular weight is 250 g/mol. The van der Waals surface area contributed by atoms with Crippen LogP contribution in [0.25, 0.3) is 0 Å². The van der Waals surface area contributed by atoms with Gasteiger partial charge in [-0.3, -0.25) is 14.9 Å². The second-order valence-corrected chi connectivity index (χ2v) is 4.48. The highest BCUT2D eigenvalue weighted by Gasteiger charge is 2.34. The number of carbonyl (C=O) groups excluding carboxylic acids is 1. The quantitative estimate of drug-likeness (QED) is 0.640. The molecule has 1 heterocycles. The summed E-state index contributed by atoms with van der Waals surface area (Å²) in [5.41, 5.74) is 0.591. The molecular weight excluding hydrogens is 236 g/mol. The first kappa shape index (κ1) is 12.5. The smallest absolute Gasteiger partial charge is 0.282 e. The summed E-state index contributed by atoms with van der Waals surface area (Å²) in [6.07, 6.45) is 0. The molecule has 6 heteroatoms. The molecule has 6 nitrogen and oxygen atoms in total. The van der Waals surface area contributed by atoms with Gasteiger partial charge in [-0.25, -0.2) is 0 Å². The number of rotatable bonds is 3. The highest BCUT2D eigenvalue weighted by Crippen LogP contribution is 2.26. The molecule has 0 unspecified atom stereocenters. The van der Waals surface area contributed by atoms with E-state index >= 15 is 0 Å². The number of hydrogen-bond donors (Lipinski definition) is 1. The van der Waals surface area contributed by atoms with Crippen molar-refractivity contribution in [1.29, 1.82) is 0 Å². The normalized spacial score (nSPS) is 15.3. The molecule has 0 spiro atoms. The number of hydrogen-bond acceptors (Lipinski definition) is 4. The van der Waals surface area contributed by atoms with Crippen LogP contribution in [0.1, 0.15) is 15.9 Å². The van der Waals surface area contributed by atoms with Gasteiger partial charge in [0.25, 0.3) is 11.6 Å². The Balaban J connectivity index is 2.28. The monoisotopic (exact) mass is 250 g/mol. The molecule has 0 bridgehead atoms. The number of amides is 1. The first-order valence-electron chi connectivity index (χ1n) is 5.68. The van der Waals surface area contributed by atoms with E-state index in [9.17, 15) is 14.9 Å². The van der Waals surface area contributed by atoms with Gasteiger partial charge in [0, 0.05) is 31.7 Å². The number of nitro groups is 1. The molecule has 1 saturated heterocycles. The van der Waals surface area contributed by atoms with Crippen LogP contribution in [-0.4, -0.2) is 40.5 Å². The fraction of sp³-hybridized carbons (Fsp3) is 0.417. The van der Waals surface area contributed by atoms with Gasteiger partial charge in [-0.2, -0.15) is 0 Å². The minimum Gasteiger partial charge on any atom is -0.396 e. The van der Waals surface area contributed by atoms with Gasteiger partial charge < -0.3 is 10.0 Å². The van der Waals surface area contributed by atoms with Crippen molar-refractivity contribution in [3.63, 3.8) is 0 Å². The topological polar surface area (TPSA) is 83.7 Å². The Morgan fingerprint density at radius 1 is 1.56 bits per heavy atom. The SMILES string of the molecule is Cc1cccc([N+](=O)[O-])c1C(=O)N1CC(CO)C1. The summed E-state index contributed by atoms with van der Waals surface area (Å²) in [6, 6.07) is 4.59. The highest BCUT2D eigenvalue weighted by atomic mass is 16.6. The lowest BCUT2D eigenvalue weighted by Gasteiger charge is -2.38. The predicted octanol–water partition coefficient (Wildman–Crippen LogP) is 0.968. The Kier molecular flexibility index (Phi) is 3.29. The lowest BCUT2D eigenvalue weighted by Crippen LogP contribution is -2.51. The molecule has 0 aromatic heterocycles. The summed E-state index contributed by atoms with van der Waals surface area (Å²) in [5, 5.41) is 19.8. The van der Waals surface area contributed by atoms with Crippen LogP contribution in [0, 0.1) is 23.0 Å². The Hall–Kier alpha value is -1.95. The third-order valence-electron chi connectivity index (χ3n) is 3.16. The zero-order chi connectivity index (χ0) is 13.3. The number of aryl methyl sites for hydroxylation is 1. The highest BCUT2D eigenvalue weighted by molar-refractivity contribution is 6.00. The minimum atomic E-state index is -0.538. The summed E-state index contributed by atoms with van der Waals surface area (Å²) in [7, 11) is 0. The van der Waals surface area contributed by atoms with E-state index < -0.39 is 4.92 Å². The van der Waals surface area contributed by atoms with E-state index in [2.05, 4.69) is 0 Å². The first-order valence-corrected chi connectivity index (χ1v) is 5.68. The van der Waals surface area contributed by atoms with E-state index in [-0.39, 0.29) is 29.7 Å². The Morgan fingerprint density at radius 2 is 2.22 bits per heavy atom. The minimum absolute atomic E-state index is 0.0413. The number of aliphatic hydroxyl groups is 1. The molecule has 0 atom stereocenters. The standard InChI is InChI=1S/C12H14N2O4/c1-8-3-2-4-10(14(17)18)11(8)12(16)13-5-9(6-13)7-15/h2-4,9,15H,5-7H2,1H3. The number of nitro benzene ring substituents is 1. The van der Waals surface area contributed by atoms with Crippen molar-refractivity contribution < 1.29 is 14.8 Å². The van der Waals surface area contributed by atoms with E-state index in [0.29, 0.717) is 18.7 Å². The van der Waals surface area contributed by atoms with Gasteiger partial charge in [-0.05, 0) is 12.5 Å². The lowest BCUT2D eigenvalue weighted by atomic mass is 9.98. The van der Waals surface area contributed by atoms with Gasteiger partial charge in [0.2, 0.25) is 0 Å². The van der Waals surface area contributed by atoms with Crippen molar-refractivity contribution in [3.8, 4) is 0 Å². The number of aliphatic hydroxyl groups excluding tert-OH is 1. The van der Waals surface area contributed by atoms with Crippen molar-refractivity contribution >= 4 is 11.6 Å². The van der Waals surface area contributed by atoms with Crippen molar-refractivity contribution in [2.75, 3.05) is 19.7 Å². The molecule has 2 rings (SSSR count). The maximum Gasteiger partial charge on any atom is 0.282 e. The molecule has 1 fully saturated rings. The molecule has 1 N–H and O–H groups in total. The Morgan fingerprint density at radius 3 is 2.78 bits per heavy atom. The summed E-state index contributed by atoms with van der Waals surface area (Å²) in [5.74, 6) is -0.235. The maximum atomic E-state index is 12.2. The number of benzene rings is 1. The number of nitrogens with zero attached hydrogens (tertiary/aromatic N) is 2. The fourth-order valence-electron chi connectivity index (χ4n) is 2.09. The molecule has 0 radical (unpaired) electrons. The van der Waals surface area contributed by atoms with Gasteiger partial charge in [0.15, 0.2) is 0 Å². The maximum absolute atomic E-state index is 12.2. The predicted molar refractivity (Wildman–Crippen MR) is 64.3 cm³/mol. The summed E-state index contributed by atoms with van der Waals surface area (Å²) >= 11 is 0. The van der Waals surface area contributed by atoms with Crippen LogP contribution in [-0.2, 0) is 0 Å². The van der Waals surface area contributed by atoms with Crippen molar-refractivity contribution in [3.05, 3.63) is 39.4 Å².